The van der Waals surface area contributed by atoms with Crippen molar-refractivity contribution in [2.24, 2.45) is 17.8 Å². The highest BCUT2D eigenvalue weighted by atomic mass is 16.5. The summed E-state index contributed by atoms with van der Waals surface area (Å²) in [5.74, 6) is -1.67. The second-order valence-electron chi connectivity index (χ2n) is 6.62. The average Bonchev–Trinajstić information content (AvgIpc) is 2.84. The number of carbonyl (C=O) groups is 4. The Morgan fingerprint density at radius 2 is 1.75 bits per heavy atom. The van der Waals surface area contributed by atoms with Crippen molar-refractivity contribution in [3.05, 3.63) is 0 Å². The third kappa shape index (κ3) is 6.42. The maximum absolute atomic E-state index is 12.2. The number of carboxylic acid groups (broad SMARTS) is 1. The summed E-state index contributed by atoms with van der Waals surface area (Å²) in [7, 11) is 1.37. The van der Waals surface area contributed by atoms with E-state index in [1.54, 1.807) is 0 Å². The molecule has 1 N–H and O–H groups in total. The normalized spacial score (nSPS) is 23.2. The molecule has 1 fully saturated rings. The number of aliphatic carboxylic acids is 1. The van der Waals surface area contributed by atoms with E-state index in [9.17, 15) is 19.2 Å². The Morgan fingerprint density at radius 3 is 2.33 bits per heavy atom. The summed E-state index contributed by atoms with van der Waals surface area (Å²) in [6.07, 6.45) is 5.18. The van der Waals surface area contributed by atoms with Gasteiger partial charge in [-0.05, 0) is 32.1 Å². The van der Waals surface area contributed by atoms with Crippen molar-refractivity contribution in [3.8, 4) is 0 Å². The molecule has 0 spiro atoms. The van der Waals surface area contributed by atoms with E-state index >= 15 is 0 Å². The summed E-state index contributed by atoms with van der Waals surface area (Å²) in [6.45, 7) is 1.49. The minimum absolute atomic E-state index is 0.00262. The lowest BCUT2D eigenvalue weighted by Crippen LogP contribution is -2.22. The van der Waals surface area contributed by atoms with E-state index in [-0.39, 0.29) is 48.1 Å². The molecular formula is C18H28O6. The van der Waals surface area contributed by atoms with Crippen LogP contribution in [-0.4, -0.2) is 35.7 Å². The highest BCUT2D eigenvalue weighted by Crippen LogP contribution is 2.40. The molecule has 0 saturated heterocycles. The Kier molecular flexibility index (Phi) is 8.65. The van der Waals surface area contributed by atoms with Gasteiger partial charge >= 0.3 is 11.9 Å². The fourth-order valence-electron chi connectivity index (χ4n) is 3.64. The smallest absolute Gasteiger partial charge is 0.305 e. The fourth-order valence-corrected chi connectivity index (χ4v) is 3.64. The van der Waals surface area contributed by atoms with Gasteiger partial charge in [-0.25, -0.2) is 0 Å². The van der Waals surface area contributed by atoms with Gasteiger partial charge in [0.1, 0.15) is 11.6 Å². The summed E-state index contributed by atoms with van der Waals surface area (Å²) < 4.78 is 4.58. The van der Waals surface area contributed by atoms with Gasteiger partial charge in [0.2, 0.25) is 0 Å². The molecule has 1 aliphatic rings. The van der Waals surface area contributed by atoms with Crippen LogP contribution in [0.15, 0.2) is 0 Å². The van der Waals surface area contributed by atoms with E-state index in [1.165, 1.54) is 14.0 Å². The molecule has 1 aliphatic carbocycles. The van der Waals surface area contributed by atoms with Gasteiger partial charge in [-0.1, -0.05) is 19.3 Å². The molecule has 1 unspecified atom stereocenters. The lowest BCUT2D eigenvalue weighted by molar-refractivity contribution is -0.141. The first-order chi connectivity index (χ1) is 11.4. The number of esters is 1. The van der Waals surface area contributed by atoms with Crippen LogP contribution >= 0.6 is 0 Å². The maximum Gasteiger partial charge on any atom is 0.305 e. The predicted octanol–water partition coefficient (Wildman–Crippen LogP) is 2.78. The molecule has 0 heterocycles. The van der Waals surface area contributed by atoms with Crippen LogP contribution < -0.4 is 0 Å². The Hall–Kier alpha value is -1.72. The van der Waals surface area contributed by atoms with Crippen LogP contribution in [0.1, 0.15) is 64.7 Å². The van der Waals surface area contributed by atoms with Crippen molar-refractivity contribution in [3.63, 3.8) is 0 Å². The van der Waals surface area contributed by atoms with E-state index in [4.69, 9.17) is 5.11 Å². The Labute approximate surface area is 142 Å². The topological polar surface area (TPSA) is 97.7 Å². The molecule has 3 atom stereocenters. The number of carboxylic acids is 1. The van der Waals surface area contributed by atoms with Crippen LogP contribution in [0, 0.1) is 17.8 Å². The van der Waals surface area contributed by atoms with E-state index in [2.05, 4.69) is 4.74 Å². The minimum Gasteiger partial charge on any atom is -0.481 e. The number of unbranched alkanes of at least 4 members (excludes halogenated alkanes) is 3. The van der Waals surface area contributed by atoms with Crippen molar-refractivity contribution < 1.29 is 29.0 Å². The molecule has 0 aromatic heterocycles. The molecular weight excluding hydrogens is 312 g/mol. The molecule has 0 aromatic carbocycles. The molecule has 0 radical (unpaired) electrons. The third-order valence-corrected chi connectivity index (χ3v) is 4.96. The zero-order chi connectivity index (χ0) is 18.1. The monoisotopic (exact) mass is 340 g/mol. The SMILES string of the molecule is COC(=O)CCCCCC[C@H]1C(=O)CC(C(C)=O)[C@@H]1CCC(=O)O. The van der Waals surface area contributed by atoms with Gasteiger partial charge in [0.05, 0.1) is 7.11 Å². The van der Waals surface area contributed by atoms with Gasteiger partial charge in [-0.2, -0.15) is 0 Å². The molecule has 0 amide bonds. The van der Waals surface area contributed by atoms with E-state index in [0.717, 1.165) is 25.7 Å². The maximum atomic E-state index is 12.2. The zero-order valence-electron chi connectivity index (χ0n) is 14.6. The van der Waals surface area contributed by atoms with Crippen molar-refractivity contribution >= 4 is 23.5 Å². The zero-order valence-corrected chi connectivity index (χ0v) is 14.6. The van der Waals surface area contributed by atoms with Crippen LogP contribution in [0.3, 0.4) is 0 Å². The van der Waals surface area contributed by atoms with E-state index in [1.807, 2.05) is 0 Å². The lowest BCUT2D eigenvalue weighted by atomic mass is 9.81. The predicted molar refractivity (Wildman–Crippen MR) is 87.4 cm³/mol. The summed E-state index contributed by atoms with van der Waals surface area (Å²) in [4.78, 5) is 45.8. The van der Waals surface area contributed by atoms with Crippen LogP contribution in [-0.2, 0) is 23.9 Å². The van der Waals surface area contributed by atoms with Crippen molar-refractivity contribution in [2.75, 3.05) is 7.11 Å². The van der Waals surface area contributed by atoms with Crippen molar-refractivity contribution in [1.82, 2.24) is 0 Å². The first kappa shape index (κ1) is 20.3. The highest BCUT2D eigenvalue weighted by molar-refractivity contribution is 5.92. The number of hydrogen-bond donors (Lipinski definition) is 1. The van der Waals surface area contributed by atoms with Crippen LogP contribution in [0.5, 0.6) is 0 Å². The summed E-state index contributed by atoms with van der Waals surface area (Å²) >= 11 is 0. The van der Waals surface area contributed by atoms with Crippen LogP contribution in [0.2, 0.25) is 0 Å². The quantitative estimate of drug-likeness (QED) is 0.459. The average molecular weight is 340 g/mol. The van der Waals surface area contributed by atoms with Crippen LogP contribution in [0.4, 0.5) is 0 Å². The standard InChI is InChI=1S/C18H28O6/c1-12(19)15-11-16(20)14(13(15)9-10-17(21)22)7-5-3-4-6-8-18(23)24-2/h13-15H,3-11H2,1-2H3,(H,21,22)/t13-,14-,15?/m1/s1. The Morgan fingerprint density at radius 1 is 1.08 bits per heavy atom. The summed E-state index contributed by atoms with van der Waals surface area (Å²) in [5, 5.41) is 8.88. The number of rotatable bonds is 11. The summed E-state index contributed by atoms with van der Waals surface area (Å²) in [6, 6.07) is 0. The molecule has 0 aromatic rings. The molecule has 1 saturated carbocycles. The highest BCUT2D eigenvalue weighted by Gasteiger charge is 2.43. The molecule has 6 heteroatoms. The molecule has 0 aliphatic heterocycles. The number of ether oxygens (including phenoxy) is 1. The van der Waals surface area contributed by atoms with Gasteiger partial charge in [0.15, 0.2) is 0 Å². The van der Waals surface area contributed by atoms with Gasteiger partial charge in [0.25, 0.3) is 0 Å². The number of methoxy groups -OCH3 is 1. The molecule has 1 rings (SSSR count). The van der Waals surface area contributed by atoms with Crippen molar-refractivity contribution in [2.45, 2.75) is 64.7 Å². The second kappa shape index (κ2) is 10.2. The minimum atomic E-state index is -0.891. The van der Waals surface area contributed by atoms with Crippen molar-refractivity contribution in [1.29, 1.82) is 0 Å². The molecule has 0 bridgehead atoms. The Balaban J connectivity index is 2.44. The van der Waals surface area contributed by atoms with E-state index < -0.39 is 5.97 Å². The number of Topliss-reactive ketones (excluding diaryl/α,β-unsaturated/α-hetero) is 2. The number of ketones is 2. The molecule has 6 nitrogen and oxygen atoms in total. The first-order valence-electron chi connectivity index (χ1n) is 8.68. The summed E-state index contributed by atoms with van der Waals surface area (Å²) in [5.41, 5.74) is 0. The van der Waals surface area contributed by atoms with Crippen LogP contribution in [0.25, 0.3) is 0 Å². The van der Waals surface area contributed by atoms with Gasteiger partial charge in [0, 0.05) is 31.1 Å². The molecule has 136 valence electrons. The first-order valence-corrected chi connectivity index (χ1v) is 8.68. The number of carbonyl (C=O) groups excluding carboxylic acids is 3. The fraction of sp³-hybridized carbons (Fsp3) is 0.778. The van der Waals surface area contributed by atoms with Gasteiger partial charge in [-0.15, -0.1) is 0 Å². The Bertz CT molecular complexity index is 470. The number of hydrogen-bond acceptors (Lipinski definition) is 5. The van der Waals surface area contributed by atoms with Gasteiger partial charge < -0.3 is 9.84 Å². The van der Waals surface area contributed by atoms with Gasteiger partial charge in [-0.3, -0.25) is 19.2 Å². The second-order valence-corrected chi connectivity index (χ2v) is 6.62. The largest absolute Gasteiger partial charge is 0.481 e. The lowest BCUT2D eigenvalue weighted by Gasteiger charge is -2.21. The third-order valence-electron chi connectivity index (χ3n) is 4.96. The molecule has 24 heavy (non-hydrogen) atoms. The van der Waals surface area contributed by atoms with E-state index in [0.29, 0.717) is 19.3 Å².